The van der Waals surface area contributed by atoms with Crippen LogP contribution in [0.5, 0.6) is 0 Å². The summed E-state index contributed by atoms with van der Waals surface area (Å²) in [6, 6.07) is 5.61. The highest BCUT2D eigenvalue weighted by molar-refractivity contribution is 5.95. The van der Waals surface area contributed by atoms with Gasteiger partial charge in [0.15, 0.2) is 0 Å². The van der Waals surface area contributed by atoms with Crippen LogP contribution in [0, 0.1) is 6.92 Å². The maximum Gasteiger partial charge on any atom is 0.253 e. The number of hydrogen-bond donors (Lipinski definition) is 2. The van der Waals surface area contributed by atoms with Gasteiger partial charge in [-0.1, -0.05) is 12.8 Å². The van der Waals surface area contributed by atoms with Gasteiger partial charge >= 0.3 is 0 Å². The Balaban J connectivity index is 2.14. The van der Waals surface area contributed by atoms with Crippen LogP contribution in [0.25, 0.3) is 0 Å². The van der Waals surface area contributed by atoms with Crippen molar-refractivity contribution in [2.45, 2.75) is 32.6 Å². The molecular formula is C14H21N3O. The zero-order chi connectivity index (χ0) is 13.0. The molecule has 4 heteroatoms. The van der Waals surface area contributed by atoms with Crippen molar-refractivity contribution in [1.82, 2.24) is 4.90 Å². The van der Waals surface area contributed by atoms with Crippen LogP contribution in [0.15, 0.2) is 18.2 Å². The van der Waals surface area contributed by atoms with Crippen LogP contribution in [-0.2, 0) is 0 Å². The van der Waals surface area contributed by atoms with E-state index in [0.717, 1.165) is 42.7 Å². The number of rotatable bonds is 2. The van der Waals surface area contributed by atoms with Crippen LogP contribution < -0.4 is 11.3 Å². The molecule has 18 heavy (non-hydrogen) atoms. The van der Waals surface area contributed by atoms with Gasteiger partial charge in [0.05, 0.1) is 5.69 Å². The summed E-state index contributed by atoms with van der Waals surface area (Å²) in [6.07, 6.45) is 4.71. The molecule has 0 aliphatic carbocycles. The number of aryl methyl sites for hydroxylation is 1. The van der Waals surface area contributed by atoms with Crippen molar-refractivity contribution in [2.24, 2.45) is 5.84 Å². The summed E-state index contributed by atoms with van der Waals surface area (Å²) in [4.78, 5) is 14.3. The number of likely N-dealkylation sites (tertiary alicyclic amines) is 1. The number of hydrogen-bond acceptors (Lipinski definition) is 3. The minimum Gasteiger partial charge on any atom is -0.339 e. The third kappa shape index (κ3) is 2.82. The maximum atomic E-state index is 12.4. The highest BCUT2D eigenvalue weighted by Crippen LogP contribution is 2.18. The average molecular weight is 247 g/mol. The van der Waals surface area contributed by atoms with Crippen molar-refractivity contribution in [3.63, 3.8) is 0 Å². The van der Waals surface area contributed by atoms with Gasteiger partial charge in [0.1, 0.15) is 0 Å². The molecule has 1 aliphatic rings. The fourth-order valence-corrected chi connectivity index (χ4v) is 2.41. The fraction of sp³-hybridized carbons (Fsp3) is 0.500. The summed E-state index contributed by atoms with van der Waals surface area (Å²) in [5.74, 6) is 5.54. The lowest BCUT2D eigenvalue weighted by Gasteiger charge is -2.20. The van der Waals surface area contributed by atoms with E-state index in [1.54, 1.807) is 0 Å². The van der Waals surface area contributed by atoms with E-state index in [2.05, 4.69) is 5.43 Å². The van der Waals surface area contributed by atoms with E-state index >= 15 is 0 Å². The van der Waals surface area contributed by atoms with Crippen molar-refractivity contribution in [1.29, 1.82) is 0 Å². The van der Waals surface area contributed by atoms with Crippen LogP contribution >= 0.6 is 0 Å². The van der Waals surface area contributed by atoms with Crippen molar-refractivity contribution >= 4 is 11.6 Å². The third-order valence-electron chi connectivity index (χ3n) is 3.52. The molecule has 0 atom stereocenters. The van der Waals surface area contributed by atoms with Gasteiger partial charge in [0, 0.05) is 18.7 Å². The maximum absolute atomic E-state index is 12.4. The normalized spacial score (nSPS) is 16.2. The lowest BCUT2D eigenvalue weighted by atomic mass is 10.1. The first-order chi connectivity index (χ1) is 8.72. The molecule has 0 spiro atoms. The molecular weight excluding hydrogens is 226 g/mol. The van der Waals surface area contributed by atoms with Gasteiger partial charge in [-0.15, -0.1) is 0 Å². The molecule has 1 aromatic rings. The molecule has 0 unspecified atom stereocenters. The molecule has 0 radical (unpaired) electrons. The number of nitrogen functional groups attached to an aromatic ring is 1. The minimum atomic E-state index is 0.142. The highest BCUT2D eigenvalue weighted by atomic mass is 16.2. The lowest BCUT2D eigenvalue weighted by molar-refractivity contribution is 0.0761. The molecule has 98 valence electrons. The first-order valence-corrected chi connectivity index (χ1v) is 6.59. The predicted molar refractivity (Wildman–Crippen MR) is 73.4 cm³/mol. The Kier molecular flexibility index (Phi) is 4.20. The summed E-state index contributed by atoms with van der Waals surface area (Å²) in [5.41, 5.74) is 5.25. The van der Waals surface area contributed by atoms with E-state index in [9.17, 15) is 4.79 Å². The average Bonchev–Trinajstić information content (AvgIpc) is 2.66. The van der Waals surface area contributed by atoms with Crippen molar-refractivity contribution in [2.75, 3.05) is 18.5 Å². The van der Waals surface area contributed by atoms with Crippen LogP contribution in [-0.4, -0.2) is 23.9 Å². The molecule has 1 heterocycles. The lowest BCUT2D eigenvalue weighted by Crippen LogP contribution is -2.31. The largest absolute Gasteiger partial charge is 0.339 e. The van der Waals surface area contributed by atoms with Gasteiger partial charge in [-0.05, 0) is 43.5 Å². The molecule has 1 aromatic carbocycles. The number of amides is 1. The minimum absolute atomic E-state index is 0.142. The molecule has 1 amide bonds. The Morgan fingerprint density at radius 3 is 2.44 bits per heavy atom. The number of nitrogens with two attached hydrogens (primary N) is 1. The number of benzene rings is 1. The molecule has 3 N–H and O–H groups in total. The van der Waals surface area contributed by atoms with Gasteiger partial charge in [0.2, 0.25) is 0 Å². The zero-order valence-corrected chi connectivity index (χ0v) is 10.9. The molecule has 1 fully saturated rings. The molecule has 2 rings (SSSR count). The second-order valence-corrected chi connectivity index (χ2v) is 4.88. The van der Waals surface area contributed by atoms with E-state index in [4.69, 9.17) is 5.84 Å². The molecule has 0 bridgehead atoms. The Morgan fingerprint density at radius 2 is 1.89 bits per heavy atom. The molecule has 4 nitrogen and oxygen atoms in total. The summed E-state index contributed by atoms with van der Waals surface area (Å²) in [6.45, 7) is 3.72. The van der Waals surface area contributed by atoms with Crippen LogP contribution in [0.3, 0.4) is 0 Å². The van der Waals surface area contributed by atoms with Gasteiger partial charge in [-0.3, -0.25) is 10.6 Å². The van der Waals surface area contributed by atoms with Crippen molar-refractivity contribution < 1.29 is 4.79 Å². The van der Waals surface area contributed by atoms with Crippen LogP contribution in [0.4, 0.5) is 5.69 Å². The Labute approximate surface area is 108 Å². The molecule has 1 saturated heterocycles. The predicted octanol–water partition coefficient (Wildman–Crippen LogP) is 2.30. The van der Waals surface area contributed by atoms with E-state index in [0.29, 0.717) is 0 Å². The number of hydrazine groups is 1. The third-order valence-corrected chi connectivity index (χ3v) is 3.52. The second kappa shape index (κ2) is 5.87. The summed E-state index contributed by atoms with van der Waals surface area (Å²) < 4.78 is 0. The first kappa shape index (κ1) is 12.9. The molecule has 1 aliphatic heterocycles. The second-order valence-electron chi connectivity index (χ2n) is 4.88. The van der Waals surface area contributed by atoms with Gasteiger partial charge in [0.25, 0.3) is 5.91 Å². The monoisotopic (exact) mass is 247 g/mol. The Bertz CT molecular complexity index is 423. The van der Waals surface area contributed by atoms with Crippen molar-refractivity contribution in [3.05, 3.63) is 29.3 Å². The number of anilines is 1. The van der Waals surface area contributed by atoms with Crippen molar-refractivity contribution in [3.8, 4) is 0 Å². The summed E-state index contributed by atoms with van der Waals surface area (Å²) in [7, 11) is 0. The quantitative estimate of drug-likeness (QED) is 0.622. The van der Waals surface area contributed by atoms with Crippen LogP contribution in [0.2, 0.25) is 0 Å². The Morgan fingerprint density at radius 1 is 1.22 bits per heavy atom. The molecule has 0 saturated carbocycles. The Hall–Kier alpha value is -1.55. The van der Waals surface area contributed by atoms with E-state index in [-0.39, 0.29) is 5.91 Å². The number of carbonyl (C=O) groups is 1. The molecule has 0 aromatic heterocycles. The van der Waals surface area contributed by atoms with E-state index in [1.807, 2.05) is 30.0 Å². The standard InChI is InChI=1S/C14H21N3O/c1-11-10-12(6-7-13(11)16-15)14(18)17-8-4-2-3-5-9-17/h6-7,10,16H,2-5,8-9,15H2,1H3. The van der Waals surface area contributed by atoms with Gasteiger partial charge in [-0.2, -0.15) is 0 Å². The number of nitrogens with one attached hydrogen (secondary N) is 1. The highest BCUT2D eigenvalue weighted by Gasteiger charge is 2.17. The summed E-state index contributed by atoms with van der Waals surface area (Å²) >= 11 is 0. The first-order valence-electron chi connectivity index (χ1n) is 6.59. The van der Waals surface area contributed by atoms with Crippen LogP contribution in [0.1, 0.15) is 41.6 Å². The van der Waals surface area contributed by atoms with E-state index in [1.165, 1.54) is 12.8 Å². The number of nitrogens with zero attached hydrogens (tertiary/aromatic N) is 1. The fourth-order valence-electron chi connectivity index (χ4n) is 2.41. The van der Waals surface area contributed by atoms with E-state index < -0.39 is 0 Å². The van der Waals surface area contributed by atoms with Gasteiger partial charge in [-0.25, -0.2) is 0 Å². The summed E-state index contributed by atoms with van der Waals surface area (Å²) in [5, 5.41) is 0. The smallest absolute Gasteiger partial charge is 0.253 e. The number of carbonyl (C=O) groups excluding carboxylic acids is 1. The van der Waals surface area contributed by atoms with Gasteiger partial charge < -0.3 is 10.3 Å². The SMILES string of the molecule is Cc1cc(C(=O)N2CCCCCC2)ccc1NN. The topological polar surface area (TPSA) is 58.4 Å². The zero-order valence-electron chi connectivity index (χ0n) is 10.9.